The number of fused-ring (bicyclic) bond motifs is 3. The largest absolute Gasteiger partial charge is 0.484 e. The lowest BCUT2D eigenvalue weighted by molar-refractivity contribution is -0.142. The number of hydrogen-bond donors (Lipinski definition) is 2. The van der Waals surface area contributed by atoms with Crippen LogP contribution in [0, 0.1) is 0 Å². The van der Waals surface area contributed by atoms with Gasteiger partial charge >= 0.3 is 11.6 Å². The number of carbonyl (C=O) groups excluding carboxylic acids is 1. The van der Waals surface area contributed by atoms with Crippen LogP contribution in [0.2, 0.25) is 0 Å². The molecule has 144 valence electrons. The Labute approximate surface area is 156 Å². The summed E-state index contributed by atoms with van der Waals surface area (Å²) in [5.41, 5.74) is 1.91. The highest BCUT2D eigenvalue weighted by Crippen LogP contribution is 2.29. The lowest BCUT2D eigenvalue weighted by Crippen LogP contribution is -2.42. The highest BCUT2D eigenvalue weighted by atomic mass is 16.5. The Balaban J connectivity index is 1.66. The van der Waals surface area contributed by atoms with Crippen molar-refractivity contribution in [3.05, 3.63) is 39.7 Å². The molecule has 3 rings (SSSR count). The first kappa shape index (κ1) is 18.9. The zero-order valence-electron chi connectivity index (χ0n) is 15.2. The Morgan fingerprint density at radius 3 is 2.81 bits per heavy atom. The number of aryl methyl sites for hydroxylation is 1. The van der Waals surface area contributed by atoms with Crippen LogP contribution in [0.5, 0.6) is 5.75 Å². The van der Waals surface area contributed by atoms with E-state index in [0.29, 0.717) is 24.2 Å². The molecule has 1 atom stereocenters. The number of hydrogen-bond acceptors (Lipinski definition) is 5. The Kier molecular flexibility index (Phi) is 5.78. The van der Waals surface area contributed by atoms with Gasteiger partial charge in [0.2, 0.25) is 0 Å². The maximum Gasteiger partial charge on any atom is 0.339 e. The minimum Gasteiger partial charge on any atom is -0.484 e. The highest BCUT2D eigenvalue weighted by Gasteiger charge is 2.21. The standard InChI is InChI=1S/C20H23NO6/c1-2-3-7-16(19(23)24)21-18(22)11-26-12-8-9-14-13-5-4-6-15(13)20(25)27-17(14)10-12/h8-10,16H,2-7,11H2,1H3,(H,21,22)(H,23,24)/t16-/m1/s1. The van der Waals surface area contributed by atoms with Crippen molar-refractivity contribution >= 4 is 22.8 Å². The number of benzene rings is 1. The van der Waals surface area contributed by atoms with Crippen molar-refractivity contribution in [3.63, 3.8) is 0 Å². The molecular weight excluding hydrogens is 350 g/mol. The van der Waals surface area contributed by atoms with E-state index >= 15 is 0 Å². The molecule has 2 aromatic rings. The predicted octanol–water partition coefficient (Wildman–Crippen LogP) is 2.42. The number of aliphatic carboxylic acids is 1. The summed E-state index contributed by atoms with van der Waals surface area (Å²) in [5, 5.41) is 12.5. The van der Waals surface area contributed by atoms with Crippen molar-refractivity contribution in [3.8, 4) is 5.75 Å². The molecule has 0 radical (unpaired) electrons. The Bertz CT molecular complexity index is 917. The third-order valence-corrected chi connectivity index (χ3v) is 4.79. The smallest absolute Gasteiger partial charge is 0.339 e. The molecule has 7 nitrogen and oxygen atoms in total. The van der Waals surface area contributed by atoms with E-state index in [0.717, 1.165) is 42.2 Å². The van der Waals surface area contributed by atoms with E-state index in [9.17, 15) is 14.4 Å². The van der Waals surface area contributed by atoms with Crippen molar-refractivity contribution in [1.29, 1.82) is 0 Å². The molecule has 0 spiro atoms. The van der Waals surface area contributed by atoms with E-state index in [1.807, 2.05) is 13.0 Å². The minimum atomic E-state index is -1.06. The van der Waals surface area contributed by atoms with Gasteiger partial charge in [-0.1, -0.05) is 19.8 Å². The van der Waals surface area contributed by atoms with Crippen molar-refractivity contribution in [1.82, 2.24) is 5.32 Å². The molecule has 0 bridgehead atoms. The quantitative estimate of drug-likeness (QED) is 0.689. The number of carboxylic acids is 1. The number of unbranched alkanes of at least 4 members (excludes halogenated alkanes) is 1. The van der Waals surface area contributed by atoms with E-state index in [1.165, 1.54) is 0 Å². The van der Waals surface area contributed by atoms with Gasteiger partial charge in [-0.25, -0.2) is 9.59 Å². The molecule has 1 aliphatic carbocycles. The van der Waals surface area contributed by atoms with Crippen molar-refractivity contribution < 1.29 is 23.8 Å². The fourth-order valence-corrected chi connectivity index (χ4v) is 3.40. The number of amides is 1. The molecular formula is C20H23NO6. The van der Waals surface area contributed by atoms with Crippen LogP contribution >= 0.6 is 0 Å². The van der Waals surface area contributed by atoms with Gasteiger partial charge in [0.1, 0.15) is 17.4 Å². The first-order valence-corrected chi connectivity index (χ1v) is 9.23. The van der Waals surface area contributed by atoms with Crippen LogP contribution in [0.15, 0.2) is 27.4 Å². The van der Waals surface area contributed by atoms with Crippen molar-refractivity contribution in [2.45, 2.75) is 51.5 Å². The van der Waals surface area contributed by atoms with E-state index in [-0.39, 0.29) is 12.2 Å². The molecule has 0 saturated heterocycles. The number of ether oxygens (including phenoxy) is 1. The molecule has 7 heteroatoms. The zero-order valence-corrected chi connectivity index (χ0v) is 15.2. The maximum atomic E-state index is 12.0. The average molecular weight is 373 g/mol. The Hall–Kier alpha value is -2.83. The van der Waals surface area contributed by atoms with Crippen molar-refractivity contribution in [2.24, 2.45) is 0 Å². The molecule has 2 N–H and O–H groups in total. The molecule has 0 fully saturated rings. The summed E-state index contributed by atoms with van der Waals surface area (Å²) in [5.74, 6) is -1.17. The summed E-state index contributed by atoms with van der Waals surface area (Å²) in [4.78, 5) is 35.2. The van der Waals surface area contributed by atoms with Crippen LogP contribution in [0.25, 0.3) is 11.0 Å². The number of rotatable bonds is 8. The number of carboxylic acid groups (broad SMARTS) is 1. The van der Waals surface area contributed by atoms with Gasteiger partial charge in [-0.15, -0.1) is 0 Å². The van der Waals surface area contributed by atoms with Gasteiger partial charge in [0.05, 0.1) is 0 Å². The molecule has 0 saturated carbocycles. The monoisotopic (exact) mass is 373 g/mol. The van der Waals surface area contributed by atoms with Gasteiger partial charge in [0, 0.05) is 17.0 Å². The molecule has 1 amide bonds. The summed E-state index contributed by atoms with van der Waals surface area (Å²) < 4.78 is 10.8. The van der Waals surface area contributed by atoms with Gasteiger partial charge in [-0.3, -0.25) is 4.79 Å². The molecule has 27 heavy (non-hydrogen) atoms. The van der Waals surface area contributed by atoms with E-state index in [2.05, 4.69) is 5.32 Å². The third kappa shape index (κ3) is 4.30. The highest BCUT2D eigenvalue weighted by molar-refractivity contribution is 5.85. The second kappa shape index (κ2) is 8.24. The molecule has 0 aliphatic heterocycles. The first-order valence-electron chi connectivity index (χ1n) is 9.23. The number of carbonyl (C=O) groups is 2. The van der Waals surface area contributed by atoms with Gasteiger partial charge in [-0.05, 0) is 43.4 Å². The molecule has 1 aliphatic rings. The van der Waals surface area contributed by atoms with E-state index < -0.39 is 17.9 Å². The van der Waals surface area contributed by atoms with Gasteiger partial charge in [0.15, 0.2) is 6.61 Å². The van der Waals surface area contributed by atoms with Crippen LogP contribution in [0.4, 0.5) is 0 Å². The molecule has 1 aromatic heterocycles. The second-order valence-electron chi connectivity index (χ2n) is 6.75. The van der Waals surface area contributed by atoms with Gasteiger partial charge < -0.3 is 19.6 Å². The second-order valence-corrected chi connectivity index (χ2v) is 6.75. The maximum absolute atomic E-state index is 12.0. The topological polar surface area (TPSA) is 106 Å². The van der Waals surface area contributed by atoms with Gasteiger partial charge in [0.25, 0.3) is 5.91 Å². The van der Waals surface area contributed by atoms with E-state index in [1.54, 1.807) is 12.1 Å². The summed E-state index contributed by atoms with van der Waals surface area (Å²) in [6.45, 7) is 1.65. The fraction of sp³-hybridized carbons (Fsp3) is 0.450. The molecule has 1 heterocycles. The normalized spacial score (nSPS) is 14.0. The Morgan fingerprint density at radius 1 is 1.30 bits per heavy atom. The molecule has 1 aromatic carbocycles. The summed E-state index contributed by atoms with van der Waals surface area (Å²) in [6, 6.07) is 4.23. The van der Waals surface area contributed by atoms with Crippen LogP contribution in [0.3, 0.4) is 0 Å². The number of nitrogens with one attached hydrogen (secondary N) is 1. The fourth-order valence-electron chi connectivity index (χ4n) is 3.40. The minimum absolute atomic E-state index is 0.309. The Morgan fingerprint density at radius 2 is 2.07 bits per heavy atom. The summed E-state index contributed by atoms with van der Waals surface area (Å²) in [7, 11) is 0. The zero-order chi connectivity index (χ0) is 19.4. The van der Waals surface area contributed by atoms with Crippen LogP contribution in [-0.4, -0.2) is 29.6 Å². The third-order valence-electron chi connectivity index (χ3n) is 4.79. The summed E-state index contributed by atoms with van der Waals surface area (Å²) >= 11 is 0. The van der Waals surface area contributed by atoms with Crippen LogP contribution in [-0.2, 0) is 22.4 Å². The van der Waals surface area contributed by atoms with Crippen LogP contribution in [0.1, 0.15) is 43.7 Å². The SMILES string of the molecule is CCCC[C@@H](NC(=O)COc1ccc2c3c(c(=O)oc2c1)CCC3)C(=O)O. The first-order chi connectivity index (χ1) is 13.0. The molecule has 0 unspecified atom stereocenters. The van der Waals surface area contributed by atoms with Crippen molar-refractivity contribution in [2.75, 3.05) is 6.61 Å². The lowest BCUT2D eigenvalue weighted by Gasteiger charge is -2.14. The predicted molar refractivity (Wildman–Crippen MR) is 99.1 cm³/mol. The lowest BCUT2D eigenvalue weighted by atomic mass is 10.1. The van der Waals surface area contributed by atoms with Crippen LogP contribution < -0.4 is 15.7 Å². The van der Waals surface area contributed by atoms with E-state index in [4.69, 9.17) is 14.3 Å². The summed E-state index contributed by atoms with van der Waals surface area (Å²) in [6.07, 6.45) is 4.49. The average Bonchev–Trinajstić information content (AvgIpc) is 3.13. The van der Waals surface area contributed by atoms with Gasteiger partial charge in [-0.2, -0.15) is 0 Å².